The molecule has 178 valence electrons. The minimum atomic E-state index is -3.78. The van der Waals surface area contributed by atoms with E-state index in [-0.39, 0.29) is 30.4 Å². The number of anilines is 1. The van der Waals surface area contributed by atoms with E-state index in [2.05, 4.69) is 15.0 Å². The van der Waals surface area contributed by atoms with Gasteiger partial charge in [-0.2, -0.15) is 0 Å². The van der Waals surface area contributed by atoms with Gasteiger partial charge in [0.25, 0.3) is 5.56 Å². The van der Waals surface area contributed by atoms with E-state index >= 15 is 0 Å². The molecule has 0 saturated carbocycles. The summed E-state index contributed by atoms with van der Waals surface area (Å²) in [6.07, 6.45) is 3.03. The number of hydrogen-bond acceptors (Lipinski definition) is 6. The Morgan fingerprint density at radius 1 is 1.15 bits per heavy atom. The zero-order valence-corrected chi connectivity index (χ0v) is 18.8. The average Bonchev–Trinajstić information content (AvgIpc) is 2.77. The molecule has 0 spiro atoms. The number of sulfonamides is 1. The first-order valence-electron chi connectivity index (χ1n) is 10.2. The number of aromatic nitrogens is 1. The van der Waals surface area contributed by atoms with Gasteiger partial charge < -0.3 is 26.1 Å². The summed E-state index contributed by atoms with van der Waals surface area (Å²) in [6.45, 7) is -0.0644. The molecule has 11 nitrogen and oxygen atoms in total. The summed E-state index contributed by atoms with van der Waals surface area (Å²) in [5.74, 6) is -0.830. The van der Waals surface area contributed by atoms with Crippen molar-refractivity contribution >= 4 is 33.9 Å². The van der Waals surface area contributed by atoms with Crippen LogP contribution in [0, 0.1) is 0 Å². The minimum absolute atomic E-state index is 0.0587. The van der Waals surface area contributed by atoms with Crippen LogP contribution in [0.25, 0.3) is 0 Å². The fourth-order valence-corrected chi connectivity index (χ4v) is 4.05. The summed E-state index contributed by atoms with van der Waals surface area (Å²) in [4.78, 5) is 39.9. The fourth-order valence-electron chi connectivity index (χ4n) is 2.96. The van der Waals surface area contributed by atoms with Crippen molar-refractivity contribution in [3.8, 4) is 0 Å². The number of nitrogens with one attached hydrogen (secondary N) is 2. The number of guanidine groups is 1. The van der Waals surface area contributed by atoms with E-state index in [1.165, 1.54) is 18.3 Å². The summed E-state index contributed by atoms with van der Waals surface area (Å²) < 4.78 is 28.2. The van der Waals surface area contributed by atoms with Crippen LogP contribution in [0.4, 0.5) is 5.69 Å². The number of rotatable bonds is 13. The Hall–Kier alpha value is -3.67. The molecule has 1 heterocycles. The molecule has 2 aromatic rings. The Bertz CT molecular complexity index is 1130. The van der Waals surface area contributed by atoms with Crippen LogP contribution in [0.15, 0.2) is 58.4 Å². The number of carbonyl (C=O) groups excluding carboxylic acids is 2. The normalized spacial score (nSPS) is 11.9. The van der Waals surface area contributed by atoms with E-state index in [0.717, 1.165) is 10.1 Å². The Kier molecular flexibility index (Phi) is 9.61. The maximum atomic E-state index is 12.6. The Morgan fingerprint density at radius 3 is 2.55 bits per heavy atom. The van der Waals surface area contributed by atoms with Gasteiger partial charge >= 0.3 is 0 Å². The summed E-state index contributed by atoms with van der Waals surface area (Å²) in [6, 6.07) is 11.1. The molecule has 1 aromatic heterocycles. The van der Waals surface area contributed by atoms with Crippen LogP contribution in [-0.4, -0.2) is 49.5 Å². The summed E-state index contributed by atoms with van der Waals surface area (Å²) in [5, 5.41) is 2.52. The summed E-state index contributed by atoms with van der Waals surface area (Å²) in [7, 11) is -3.78. The Balaban J connectivity index is 1.96. The van der Waals surface area contributed by atoms with Gasteiger partial charge in [0.2, 0.25) is 15.9 Å². The lowest BCUT2D eigenvalue weighted by atomic mass is 10.2. The number of aliphatic imine (C=N–C) groups is 1. The second-order valence-corrected chi connectivity index (χ2v) is 9.11. The number of aldehydes is 1. The molecule has 12 heteroatoms. The fraction of sp³-hybridized carbons (Fsp3) is 0.333. The second kappa shape index (κ2) is 12.4. The third-order valence-electron chi connectivity index (χ3n) is 4.58. The minimum Gasteiger partial charge on any atom is -0.370 e. The van der Waals surface area contributed by atoms with Gasteiger partial charge in [0.15, 0.2) is 5.96 Å². The van der Waals surface area contributed by atoms with Crippen molar-refractivity contribution in [2.75, 3.05) is 17.0 Å². The average molecular weight is 477 g/mol. The number of carbonyl (C=O) groups is 2. The van der Waals surface area contributed by atoms with E-state index in [9.17, 15) is 22.8 Å². The topological polar surface area (TPSA) is 179 Å². The number of nitrogens with zero attached hydrogens (tertiary/aromatic N) is 2. The van der Waals surface area contributed by atoms with Gasteiger partial charge in [-0.05, 0) is 37.0 Å². The van der Waals surface area contributed by atoms with Crippen LogP contribution in [-0.2, 0) is 32.6 Å². The molecule has 0 fully saturated rings. The maximum absolute atomic E-state index is 12.6. The van der Waals surface area contributed by atoms with Crippen molar-refractivity contribution < 1.29 is 18.0 Å². The number of nitrogens with two attached hydrogens (primary N) is 2. The van der Waals surface area contributed by atoms with Crippen LogP contribution in [0.3, 0.4) is 0 Å². The summed E-state index contributed by atoms with van der Waals surface area (Å²) >= 11 is 0. The first kappa shape index (κ1) is 25.6. The van der Waals surface area contributed by atoms with Crippen molar-refractivity contribution in [2.24, 2.45) is 16.5 Å². The van der Waals surface area contributed by atoms with E-state index in [0.29, 0.717) is 25.7 Å². The molecule has 0 bridgehead atoms. The third-order valence-corrected chi connectivity index (χ3v) is 5.85. The molecular formula is C21H28N6O5S. The highest BCUT2D eigenvalue weighted by atomic mass is 32.2. The first-order valence-corrected chi connectivity index (χ1v) is 11.9. The van der Waals surface area contributed by atoms with Gasteiger partial charge in [-0.25, -0.2) is 8.42 Å². The van der Waals surface area contributed by atoms with E-state index < -0.39 is 27.5 Å². The third kappa shape index (κ3) is 9.15. The van der Waals surface area contributed by atoms with E-state index in [1.54, 1.807) is 0 Å². The summed E-state index contributed by atoms with van der Waals surface area (Å²) in [5.41, 5.74) is 10.5. The molecule has 6 N–H and O–H groups in total. The molecular weight excluding hydrogens is 448 g/mol. The lowest BCUT2D eigenvalue weighted by Crippen LogP contribution is -2.40. The lowest BCUT2D eigenvalue weighted by molar-refractivity contribution is -0.124. The largest absolute Gasteiger partial charge is 0.370 e. The molecule has 0 saturated heterocycles. The number of hydrogen-bond donors (Lipinski definition) is 4. The number of benzene rings is 1. The second-order valence-electron chi connectivity index (χ2n) is 7.27. The Morgan fingerprint density at radius 2 is 1.88 bits per heavy atom. The van der Waals surface area contributed by atoms with Crippen molar-refractivity contribution in [1.82, 2.24) is 9.88 Å². The van der Waals surface area contributed by atoms with Crippen LogP contribution in [0.2, 0.25) is 0 Å². The molecule has 0 radical (unpaired) electrons. The van der Waals surface area contributed by atoms with Gasteiger partial charge in [-0.1, -0.05) is 30.3 Å². The number of pyridine rings is 1. The molecule has 1 unspecified atom stereocenters. The molecule has 33 heavy (non-hydrogen) atoms. The standard InChI is InChI=1S/C21H28N6O5S/c22-21(23)24-11-4-8-17(15-28)25-19(29)14-27-12-5-9-18(20(27)30)26-33(31,32)13-10-16-6-2-1-3-7-16/h1-3,5-7,9,12,15,17,26H,4,8,10-11,13-14H2,(H,25,29)(H4,22,23,24). The van der Waals surface area contributed by atoms with Crippen LogP contribution >= 0.6 is 0 Å². The van der Waals surface area contributed by atoms with Crippen molar-refractivity contribution in [1.29, 1.82) is 0 Å². The highest BCUT2D eigenvalue weighted by molar-refractivity contribution is 7.92. The smallest absolute Gasteiger partial charge is 0.275 e. The van der Waals surface area contributed by atoms with Crippen LogP contribution in [0.5, 0.6) is 0 Å². The van der Waals surface area contributed by atoms with Crippen LogP contribution in [0.1, 0.15) is 18.4 Å². The molecule has 0 aliphatic carbocycles. The zero-order valence-electron chi connectivity index (χ0n) is 18.0. The number of amides is 1. The number of aryl methyl sites for hydroxylation is 1. The lowest BCUT2D eigenvalue weighted by Gasteiger charge is -2.14. The van der Waals surface area contributed by atoms with Gasteiger partial charge in [0.1, 0.15) is 18.5 Å². The molecule has 1 amide bonds. The van der Waals surface area contributed by atoms with Crippen molar-refractivity contribution in [3.05, 3.63) is 64.6 Å². The van der Waals surface area contributed by atoms with E-state index in [4.69, 9.17) is 11.5 Å². The van der Waals surface area contributed by atoms with Crippen LogP contribution < -0.4 is 27.1 Å². The predicted octanol–water partition coefficient (Wildman–Crippen LogP) is -0.430. The molecule has 0 aliphatic heterocycles. The van der Waals surface area contributed by atoms with Gasteiger partial charge in [-0.15, -0.1) is 0 Å². The van der Waals surface area contributed by atoms with Gasteiger partial charge in [0.05, 0.1) is 11.8 Å². The predicted molar refractivity (Wildman–Crippen MR) is 126 cm³/mol. The maximum Gasteiger partial charge on any atom is 0.275 e. The quantitative estimate of drug-likeness (QED) is 0.131. The SMILES string of the molecule is NC(N)=NCCCC(C=O)NC(=O)Cn1cccc(NS(=O)(=O)CCc2ccccc2)c1=O. The van der Waals surface area contributed by atoms with Crippen molar-refractivity contribution in [2.45, 2.75) is 31.8 Å². The van der Waals surface area contributed by atoms with Gasteiger partial charge in [0, 0.05) is 12.7 Å². The molecule has 0 aliphatic rings. The highest BCUT2D eigenvalue weighted by Gasteiger charge is 2.16. The zero-order chi connectivity index (χ0) is 24.3. The van der Waals surface area contributed by atoms with Gasteiger partial charge in [-0.3, -0.25) is 19.3 Å². The van der Waals surface area contributed by atoms with E-state index in [1.807, 2.05) is 30.3 Å². The van der Waals surface area contributed by atoms with Crippen molar-refractivity contribution in [3.63, 3.8) is 0 Å². The molecule has 2 rings (SSSR count). The highest BCUT2D eigenvalue weighted by Crippen LogP contribution is 2.06. The molecule has 1 aromatic carbocycles. The monoisotopic (exact) mass is 476 g/mol. The Labute approximate surface area is 191 Å². The molecule has 1 atom stereocenters. The first-order chi connectivity index (χ1) is 15.7.